The summed E-state index contributed by atoms with van der Waals surface area (Å²) in [4.78, 5) is 0. The first-order valence-electron chi connectivity index (χ1n) is 5.88. The van der Waals surface area contributed by atoms with Crippen LogP contribution in [0.5, 0.6) is 0 Å². The minimum absolute atomic E-state index is 0.333. The van der Waals surface area contributed by atoms with Crippen LogP contribution in [-0.2, 0) is 4.74 Å². The van der Waals surface area contributed by atoms with Crippen molar-refractivity contribution in [2.75, 3.05) is 6.61 Å². The molecule has 0 N–H and O–H groups in total. The quantitative estimate of drug-likeness (QED) is 0.452. The maximum atomic E-state index is 13.1. The Kier molecular flexibility index (Phi) is 6.36. The van der Waals surface area contributed by atoms with Gasteiger partial charge in [-0.1, -0.05) is 13.8 Å². The highest BCUT2D eigenvalue weighted by Gasteiger charge is 2.67. The third-order valence-electron chi connectivity index (χ3n) is 2.38. The van der Waals surface area contributed by atoms with E-state index in [1.165, 1.54) is 13.8 Å². The summed E-state index contributed by atoms with van der Waals surface area (Å²) in [6.07, 6.45) is -20.1. The molecule has 0 aromatic rings. The molecule has 0 saturated heterocycles. The second kappa shape index (κ2) is 6.71. The Bertz CT molecular complexity index is 409. The summed E-state index contributed by atoms with van der Waals surface area (Å²) in [5, 5.41) is 0. The van der Waals surface area contributed by atoms with E-state index in [4.69, 9.17) is 0 Å². The van der Waals surface area contributed by atoms with Crippen LogP contribution in [0.25, 0.3) is 0 Å². The van der Waals surface area contributed by atoms with Crippen molar-refractivity contribution in [3.63, 3.8) is 0 Å². The molecule has 0 amide bonds. The molecule has 0 aliphatic heterocycles. The van der Waals surface area contributed by atoms with Gasteiger partial charge in [0.25, 0.3) is 0 Å². The predicted molar refractivity (Wildman–Crippen MR) is 55.5 cm³/mol. The molecule has 0 spiro atoms. The smallest absolute Gasteiger partial charge is 0.461 e. The van der Waals surface area contributed by atoms with Crippen molar-refractivity contribution in [3.8, 4) is 0 Å². The van der Waals surface area contributed by atoms with Gasteiger partial charge in [-0.05, 0) is 12.3 Å². The van der Waals surface area contributed by atoms with Crippen molar-refractivity contribution in [1.82, 2.24) is 0 Å². The van der Waals surface area contributed by atoms with Crippen LogP contribution in [0.15, 0.2) is 11.3 Å². The molecular formula is C11H11F11O. The second-order valence-electron chi connectivity index (χ2n) is 4.80. The maximum Gasteiger partial charge on any atom is 0.461 e. The Morgan fingerprint density at radius 2 is 1.17 bits per heavy atom. The lowest BCUT2D eigenvalue weighted by molar-refractivity contribution is -0.282. The Balaban J connectivity index is 6.24. The molecule has 0 aromatic carbocycles. The molecule has 0 aliphatic carbocycles. The van der Waals surface area contributed by atoms with Gasteiger partial charge in [-0.15, -0.1) is 0 Å². The monoisotopic (exact) mass is 368 g/mol. The Labute approximate surface area is 123 Å². The highest BCUT2D eigenvalue weighted by molar-refractivity contribution is 5.26. The second-order valence-corrected chi connectivity index (χ2v) is 4.80. The first-order valence-corrected chi connectivity index (χ1v) is 5.88. The molecule has 0 fully saturated rings. The van der Waals surface area contributed by atoms with Gasteiger partial charge in [0.1, 0.15) is 0 Å². The van der Waals surface area contributed by atoms with E-state index in [1.54, 1.807) is 0 Å². The summed E-state index contributed by atoms with van der Waals surface area (Å²) >= 11 is 0. The van der Waals surface area contributed by atoms with Crippen LogP contribution in [-0.4, -0.2) is 31.1 Å². The Hall–Kier alpha value is -1.23. The van der Waals surface area contributed by atoms with Crippen LogP contribution < -0.4 is 0 Å². The van der Waals surface area contributed by atoms with Gasteiger partial charge in [-0.3, -0.25) is 0 Å². The van der Waals surface area contributed by atoms with Crippen molar-refractivity contribution in [2.24, 2.45) is 5.92 Å². The van der Waals surface area contributed by atoms with E-state index in [-0.39, 0.29) is 6.42 Å². The normalized spacial score (nSPS) is 14.2. The number of hydrogen-bond acceptors (Lipinski definition) is 1. The summed E-state index contributed by atoms with van der Waals surface area (Å²) < 4.78 is 141. The van der Waals surface area contributed by atoms with Crippen LogP contribution >= 0.6 is 0 Å². The number of halogens is 11. The van der Waals surface area contributed by atoms with Crippen molar-refractivity contribution in [2.45, 2.75) is 44.7 Å². The number of rotatable bonds is 5. The van der Waals surface area contributed by atoms with Gasteiger partial charge in [-0.2, -0.15) is 48.3 Å². The van der Waals surface area contributed by atoms with Gasteiger partial charge in [-0.25, -0.2) is 0 Å². The maximum absolute atomic E-state index is 13.1. The van der Waals surface area contributed by atoms with E-state index in [1.807, 2.05) is 0 Å². The predicted octanol–water partition coefficient (Wildman–Crippen LogP) is 5.63. The van der Waals surface area contributed by atoms with E-state index in [0.717, 1.165) is 0 Å². The molecule has 0 aliphatic rings. The fourth-order valence-electron chi connectivity index (χ4n) is 1.26. The van der Waals surface area contributed by atoms with Gasteiger partial charge < -0.3 is 4.74 Å². The number of allylic oxidation sites excluding steroid dienone is 2. The molecular weight excluding hydrogens is 357 g/mol. The summed E-state index contributed by atoms with van der Waals surface area (Å²) in [6, 6.07) is 0. The molecule has 0 aromatic heterocycles. The lowest BCUT2D eigenvalue weighted by Crippen LogP contribution is -2.43. The average molecular weight is 368 g/mol. The molecule has 0 rings (SSSR count). The van der Waals surface area contributed by atoms with E-state index in [0.29, 0.717) is 0 Å². The van der Waals surface area contributed by atoms with Gasteiger partial charge in [0.2, 0.25) is 0 Å². The van der Waals surface area contributed by atoms with Crippen LogP contribution in [0.1, 0.15) is 20.3 Å². The lowest BCUT2D eigenvalue weighted by Gasteiger charge is -2.27. The standard InChI is InChI=1S/C11H11F11O/c1-5(2)3-4-23-7(8(12,13)11(20,21)22)6(9(14,15)16)10(17,18)19/h5H,3-4H2,1-2H3. The molecule has 138 valence electrons. The summed E-state index contributed by atoms with van der Waals surface area (Å²) in [5.74, 6) is -10.4. The van der Waals surface area contributed by atoms with Crippen molar-refractivity contribution in [1.29, 1.82) is 0 Å². The minimum atomic E-state index is -6.69. The fourth-order valence-corrected chi connectivity index (χ4v) is 1.26. The van der Waals surface area contributed by atoms with Crippen molar-refractivity contribution in [3.05, 3.63) is 11.3 Å². The largest absolute Gasteiger partial charge is 0.491 e. The van der Waals surface area contributed by atoms with E-state index in [2.05, 4.69) is 4.74 Å². The number of alkyl halides is 11. The molecule has 0 saturated carbocycles. The Morgan fingerprint density at radius 3 is 1.43 bits per heavy atom. The molecule has 0 unspecified atom stereocenters. The first kappa shape index (κ1) is 21.8. The minimum Gasteiger partial charge on any atom is -0.491 e. The van der Waals surface area contributed by atoms with Crippen molar-refractivity contribution >= 4 is 0 Å². The summed E-state index contributed by atoms with van der Waals surface area (Å²) in [6.45, 7) is 1.64. The SMILES string of the molecule is CC(C)CCOC(=C(C(F)(F)F)C(F)(F)F)C(F)(F)C(F)(F)F. The van der Waals surface area contributed by atoms with Gasteiger partial charge in [0.15, 0.2) is 11.3 Å². The number of ether oxygens (including phenoxy) is 1. The lowest BCUT2D eigenvalue weighted by atomic mass is 10.1. The van der Waals surface area contributed by atoms with Crippen LogP contribution in [0, 0.1) is 5.92 Å². The van der Waals surface area contributed by atoms with Crippen LogP contribution in [0.2, 0.25) is 0 Å². The molecule has 0 heterocycles. The zero-order valence-electron chi connectivity index (χ0n) is 11.6. The highest BCUT2D eigenvalue weighted by atomic mass is 19.4. The molecule has 12 heteroatoms. The average Bonchev–Trinajstić information content (AvgIpc) is 2.21. The number of hydrogen-bond donors (Lipinski definition) is 0. The van der Waals surface area contributed by atoms with Crippen LogP contribution in [0.4, 0.5) is 48.3 Å². The zero-order valence-corrected chi connectivity index (χ0v) is 11.6. The first-order chi connectivity index (χ1) is 9.92. The molecule has 0 bridgehead atoms. The van der Waals surface area contributed by atoms with E-state index < -0.39 is 48.3 Å². The third-order valence-corrected chi connectivity index (χ3v) is 2.38. The van der Waals surface area contributed by atoms with E-state index in [9.17, 15) is 48.3 Å². The van der Waals surface area contributed by atoms with Crippen LogP contribution in [0.3, 0.4) is 0 Å². The topological polar surface area (TPSA) is 9.23 Å². The van der Waals surface area contributed by atoms with Gasteiger partial charge >= 0.3 is 24.5 Å². The fraction of sp³-hybridized carbons (Fsp3) is 0.818. The molecule has 1 nitrogen and oxygen atoms in total. The summed E-state index contributed by atoms with van der Waals surface area (Å²) in [5.41, 5.74) is -4.02. The Morgan fingerprint density at radius 1 is 0.783 bits per heavy atom. The molecule has 0 radical (unpaired) electrons. The third kappa shape index (κ3) is 5.72. The van der Waals surface area contributed by atoms with E-state index >= 15 is 0 Å². The summed E-state index contributed by atoms with van der Waals surface area (Å²) in [7, 11) is 0. The highest BCUT2D eigenvalue weighted by Crippen LogP contribution is 2.49. The molecule has 0 atom stereocenters. The van der Waals surface area contributed by atoms with Gasteiger partial charge in [0, 0.05) is 0 Å². The van der Waals surface area contributed by atoms with Crippen molar-refractivity contribution < 1.29 is 53.0 Å². The molecule has 23 heavy (non-hydrogen) atoms. The van der Waals surface area contributed by atoms with Gasteiger partial charge in [0.05, 0.1) is 6.61 Å². The zero-order chi connectivity index (χ0) is 18.9.